The molecule has 0 unspecified atom stereocenters. The Balaban J connectivity index is 2.11. The van der Waals surface area contributed by atoms with Crippen LogP contribution in [-0.4, -0.2) is 15.6 Å². The highest BCUT2D eigenvalue weighted by molar-refractivity contribution is 5.88. The first-order chi connectivity index (χ1) is 10.4. The molecule has 3 nitrogen and oxygen atoms in total. The van der Waals surface area contributed by atoms with Crippen LogP contribution >= 0.6 is 0 Å². The highest BCUT2D eigenvalue weighted by atomic mass is 19.1. The number of aromatic nitrogens is 2. The van der Waals surface area contributed by atoms with Gasteiger partial charge in [0.1, 0.15) is 17.7 Å². The van der Waals surface area contributed by atoms with Gasteiger partial charge in [-0.25, -0.2) is 14.4 Å². The van der Waals surface area contributed by atoms with Crippen LogP contribution in [0.4, 0.5) is 4.39 Å². The van der Waals surface area contributed by atoms with E-state index in [-0.39, 0.29) is 11.4 Å². The molecule has 1 heterocycles. The molecular formula is C18H17FN2O. The number of benzene rings is 2. The van der Waals surface area contributed by atoms with Gasteiger partial charge in [-0.1, -0.05) is 18.2 Å². The monoisotopic (exact) mass is 296 g/mol. The minimum atomic E-state index is -0.340. The topological polar surface area (TPSA) is 35.0 Å². The number of hydrogen-bond acceptors (Lipinski definition) is 3. The zero-order valence-corrected chi connectivity index (χ0v) is 12.8. The molecule has 1 aromatic heterocycles. The third-order valence-corrected chi connectivity index (χ3v) is 3.18. The van der Waals surface area contributed by atoms with Crippen molar-refractivity contribution < 1.29 is 9.13 Å². The van der Waals surface area contributed by atoms with E-state index in [0.717, 1.165) is 22.0 Å². The van der Waals surface area contributed by atoms with Crippen molar-refractivity contribution in [1.29, 1.82) is 0 Å². The highest BCUT2D eigenvalue weighted by Crippen LogP contribution is 2.29. The molecule has 0 aliphatic carbocycles. The van der Waals surface area contributed by atoms with Gasteiger partial charge in [0.05, 0.1) is 10.9 Å². The van der Waals surface area contributed by atoms with Gasteiger partial charge in [0, 0.05) is 0 Å². The number of ether oxygens (including phenoxy) is 1. The summed E-state index contributed by atoms with van der Waals surface area (Å²) in [6.45, 7) is 5.93. The van der Waals surface area contributed by atoms with Crippen LogP contribution in [0.3, 0.4) is 0 Å². The third-order valence-electron chi connectivity index (χ3n) is 3.18. The van der Waals surface area contributed by atoms with Crippen LogP contribution in [0, 0.1) is 5.82 Å². The van der Waals surface area contributed by atoms with E-state index in [4.69, 9.17) is 4.74 Å². The van der Waals surface area contributed by atoms with Crippen molar-refractivity contribution in [3.8, 4) is 17.0 Å². The fourth-order valence-corrected chi connectivity index (χ4v) is 2.23. The molecule has 0 fully saturated rings. The highest BCUT2D eigenvalue weighted by Gasteiger charge is 2.15. The lowest BCUT2D eigenvalue weighted by Gasteiger charge is -2.21. The van der Waals surface area contributed by atoms with Crippen molar-refractivity contribution in [2.24, 2.45) is 0 Å². The molecule has 0 atom stereocenters. The van der Waals surface area contributed by atoms with E-state index in [9.17, 15) is 4.39 Å². The molecule has 2 aromatic carbocycles. The van der Waals surface area contributed by atoms with Gasteiger partial charge < -0.3 is 4.74 Å². The van der Waals surface area contributed by atoms with Crippen LogP contribution in [0.15, 0.2) is 48.8 Å². The molecule has 22 heavy (non-hydrogen) atoms. The van der Waals surface area contributed by atoms with Crippen LogP contribution in [-0.2, 0) is 0 Å². The van der Waals surface area contributed by atoms with Gasteiger partial charge in [0.25, 0.3) is 0 Å². The second kappa shape index (κ2) is 5.37. The number of rotatable bonds is 2. The third kappa shape index (κ3) is 3.06. The minimum Gasteiger partial charge on any atom is -0.471 e. The normalized spacial score (nSPS) is 11.6. The van der Waals surface area contributed by atoms with Crippen LogP contribution in [0.25, 0.3) is 22.0 Å². The zero-order valence-electron chi connectivity index (χ0n) is 12.8. The lowest BCUT2D eigenvalue weighted by molar-refractivity contribution is 0.126. The van der Waals surface area contributed by atoms with Crippen molar-refractivity contribution in [2.75, 3.05) is 0 Å². The van der Waals surface area contributed by atoms with Crippen LogP contribution in [0.1, 0.15) is 20.8 Å². The molecule has 0 bridgehead atoms. The fraction of sp³-hybridized carbons (Fsp3) is 0.222. The SMILES string of the molecule is CC(C)(C)Oc1ncnc2ccc(-c3ccc(F)cc3)cc12. The second-order valence-corrected chi connectivity index (χ2v) is 6.13. The van der Waals surface area contributed by atoms with E-state index >= 15 is 0 Å². The van der Waals surface area contributed by atoms with Crippen LogP contribution < -0.4 is 4.74 Å². The van der Waals surface area contributed by atoms with Crippen molar-refractivity contribution in [2.45, 2.75) is 26.4 Å². The molecule has 0 spiro atoms. The van der Waals surface area contributed by atoms with Gasteiger partial charge in [-0.3, -0.25) is 0 Å². The Morgan fingerprint density at radius 1 is 0.909 bits per heavy atom. The zero-order chi connectivity index (χ0) is 15.7. The molecule has 0 saturated heterocycles. The average Bonchev–Trinajstić information content (AvgIpc) is 2.46. The maximum atomic E-state index is 13.1. The Morgan fingerprint density at radius 3 is 2.27 bits per heavy atom. The second-order valence-electron chi connectivity index (χ2n) is 6.13. The Hall–Kier alpha value is -2.49. The Labute approximate surface area is 128 Å². The summed E-state index contributed by atoms with van der Waals surface area (Å²) in [7, 11) is 0. The van der Waals surface area contributed by atoms with Crippen LogP contribution in [0.2, 0.25) is 0 Å². The molecule has 0 N–H and O–H groups in total. The quantitative estimate of drug-likeness (QED) is 0.692. The molecule has 3 rings (SSSR count). The largest absolute Gasteiger partial charge is 0.471 e. The Kier molecular flexibility index (Phi) is 3.53. The molecule has 4 heteroatoms. The van der Waals surface area contributed by atoms with Crippen molar-refractivity contribution in [3.05, 3.63) is 54.6 Å². The molecule has 3 aromatic rings. The summed E-state index contributed by atoms with van der Waals surface area (Å²) in [6.07, 6.45) is 1.50. The summed E-state index contributed by atoms with van der Waals surface area (Å²) >= 11 is 0. The predicted octanol–water partition coefficient (Wildman–Crippen LogP) is 4.61. The predicted molar refractivity (Wildman–Crippen MR) is 85.3 cm³/mol. The van der Waals surface area contributed by atoms with Crippen molar-refractivity contribution in [3.63, 3.8) is 0 Å². The molecule has 0 amide bonds. The average molecular weight is 296 g/mol. The fourth-order valence-electron chi connectivity index (χ4n) is 2.23. The van der Waals surface area contributed by atoms with Gasteiger partial charge in [-0.15, -0.1) is 0 Å². The van der Waals surface area contributed by atoms with E-state index < -0.39 is 0 Å². The molecule has 0 aliphatic rings. The Morgan fingerprint density at radius 2 is 1.59 bits per heavy atom. The standard InChI is InChI=1S/C18H17FN2O/c1-18(2,3)22-17-15-10-13(6-9-16(15)20-11-21-17)12-4-7-14(19)8-5-12/h4-11H,1-3H3. The lowest BCUT2D eigenvalue weighted by atomic mass is 10.0. The first-order valence-electron chi connectivity index (χ1n) is 7.12. The van der Waals surface area contributed by atoms with Gasteiger partial charge in [0.15, 0.2) is 0 Å². The van der Waals surface area contributed by atoms with Gasteiger partial charge in [0.2, 0.25) is 5.88 Å². The van der Waals surface area contributed by atoms with E-state index in [1.807, 2.05) is 39.0 Å². The van der Waals surface area contributed by atoms with E-state index in [2.05, 4.69) is 9.97 Å². The van der Waals surface area contributed by atoms with E-state index in [1.165, 1.54) is 18.5 Å². The van der Waals surface area contributed by atoms with E-state index in [0.29, 0.717) is 5.88 Å². The summed E-state index contributed by atoms with van der Waals surface area (Å²) in [5, 5.41) is 0.847. The van der Waals surface area contributed by atoms with Crippen LogP contribution in [0.5, 0.6) is 5.88 Å². The summed E-state index contributed by atoms with van der Waals surface area (Å²) in [6, 6.07) is 12.3. The number of fused-ring (bicyclic) bond motifs is 1. The smallest absolute Gasteiger partial charge is 0.224 e. The van der Waals surface area contributed by atoms with Crippen molar-refractivity contribution in [1.82, 2.24) is 9.97 Å². The van der Waals surface area contributed by atoms with E-state index in [1.54, 1.807) is 12.1 Å². The number of nitrogens with zero attached hydrogens (tertiary/aromatic N) is 2. The molecule has 112 valence electrons. The molecule has 0 aliphatic heterocycles. The first-order valence-corrected chi connectivity index (χ1v) is 7.12. The van der Waals surface area contributed by atoms with Gasteiger partial charge >= 0.3 is 0 Å². The number of halogens is 1. The summed E-state index contributed by atoms with van der Waals surface area (Å²) < 4.78 is 19.0. The maximum Gasteiger partial charge on any atom is 0.224 e. The first kappa shape index (κ1) is 14.4. The number of hydrogen-bond donors (Lipinski definition) is 0. The summed E-state index contributed by atoms with van der Waals surface area (Å²) in [4.78, 5) is 8.52. The maximum absolute atomic E-state index is 13.1. The van der Waals surface area contributed by atoms with Gasteiger partial charge in [-0.2, -0.15) is 0 Å². The Bertz CT molecular complexity index is 807. The minimum absolute atomic E-state index is 0.246. The molecule has 0 saturated carbocycles. The summed E-state index contributed by atoms with van der Waals surface area (Å²) in [5.41, 5.74) is 2.39. The van der Waals surface area contributed by atoms with Gasteiger partial charge in [-0.05, 0) is 56.2 Å². The molecule has 0 radical (unpaired) electrons. The molecular weight excluding hydrogens is 279 g/mol. The summed E-state index contributed by atoms with van der Waals surface area (Å²) in [5.74, 6) is 0.311. The van der Waals surface area contributed by atoms with Crippen molar-refractivity contribution >= 4 is 10.9 Å². The lowest BCUT2D eigenvalue weighted by Crippen LogP contribution is -2.23.